The Balaban J connectivity index is 2.09. The summed E-state index contributed by atoms with van der Waals surface area (Å²) in [6.07, 6.45) is 0.942. The number of hydrogen-bond acceptors (Lipinski definition) is 5. The number of nitrogens with one attached hydrogen (secondary N) is 1. The van der Waals surface area contributed by atoms with Crippen molar-refractivity contribution in [2.75, 3.05) is 59.5 Å². The van der Waals surface area contributed by atoms with Crippen LogP contribution in [0.15, 0.2) is 0 Å². The van der Waals surface area contributed by atoms with Crippen LogP contribution in [-0.2, 0) is 9.47 Å². The van der Waals surface area contributed by atoms with Crippen molar-refractivity contribution in [1.82, 2.24) is 15.1 Å². The Labute approximate surface area is 141 Å². The number of hydrogen-bond donors (Lipinski definition) is 1. The Hall–Kier alpha value is -0.850. The predicted molar refractivity (Wildman–Crippen MR) is 92.8 cm³/mol. The molecule has 0 aromatic heterocycles. The summed E-state index contributed by atoms with van der Waals surface area (Å²) in [6, 6.07) is 0. The molecule has 1 unspecified atom stereocenters. The van der Waals surface area contributed by atoms with Crippen LogP contribution in [0.25, 0.3) is 0 Å². The first-order valence-electron chi connectivity index (χ1n) is 8.71. The van der Waals surface area contributed by atoms with Gasteiger partial charge >= 0.3 is 6.09 Å². The maximum Gasteiger partial charge on any atom is 0.410 e. The van der Waals surface area contributed by atoms with Crippen molar-refractivity contribution in [3.8, 4) is 0 Å². The van der Waals surface area contributed by atoms with E-state index in [0.717, 1.165) is 58.8 Å². The van der Waals surface area contributed by atoms with Gasteiger partial charge in [0.15, 0.2) is 0 Å². The van der Waals surface area contributed by atoms with Gasteiger partial charge in [0.05, 0.1) is 0 Å². The highest BCUT2D eigenvalue weighted by molar-refractivity contribution is 5.68. The third-order valence-corrected chi connectivity index (χ3v) is 3.80. The maximum absolute atomic E-state index is 12.0. The molecule has 6 heteroatoms. The van der Waals surface area contributed by atoms with Gasteiger partial charge in [0, 0.05) is 39.9 Å². The van der Waals surface area contributed by atoms with Crippen molar-refractivity contribution in [3.63, 3.8) is 0 Å². The summed E-state index contributed by atoms with van der Waals surface area (Å²) in [4.78, 5) is 16.2. The second-order valence-corrected chi connectivity index (χ2v) is 7.43. The maximum atomic E-state index is 12.0. The van der Waals surface area contributed by atoms with Crippen molar-refractivity contribution < 1.29 is 14.3 Å². The van der Waals surface area contributed by atoms with Crippen LogP contribution in [0.5, 0.6) is 0 Å². The Morgan fingerprint density at radius 3 is 2.43 bits per heavy atom. The van der Waals surface area contributed by atoms with E-state index in [2.05, 4.69) is 17.1 Å². The molecule has 1 N–H and O–H groups in total. The van der Waals surface area contributed by atoms with E-state index in [4.69, 9.17) is 9.47 Å². The van der Waals surface area contributed by atoms with E-state index in [-0.39, 0.29) is 6.09 Å². The van der Waals surface area contributed by atoms with Crippen LogP contribution in [-0.4, -0.2) is 81.0 Å². The van der Waals surface area contributed by atoms with E-state index < -0.39 is 5.60 Å². The van der Waals surface area contributed by atoms with Crippen molar-refractivity contribution in [2.24, 2.45) is 5.92 Å². The second-order valence-electron chi connectivity index (χ2n) is 7.43. The fourth-order valence-electron chi connectivity index (χ4n) is 2.60. The number of amides is 1. The first-order chi connectivity index (χ1) is 10.8. The SMILES string of the molecule is COCC(C)CNCCCN1CCN(C(=O)OC(C)(C)C)CC1. The second kappa shape index (κ2) is 10.1. The van der Waals surface area contributed by atoms with Crippen LogP contribution >= 0.6 is 0 Å². The first-order valence-corrected chi connectivity index (χ1v) is 8.71. The molecule has 1 rings (SSSR count). The number of carbonyl (C=O) groups is 1. The minimum absolute atomic E-state index is 0.189. The zero-order valence-corrected chi connectivity index (χ0v) is 15.6. The molecule has 0 aromatic carbocycles. The highest BCUT2D eigenvalue weighted by Crippen LogP contribution is 2.11. The first kappa shape index (κ1) is 20.2. The van der Waals surface area contributed by atoms with E-state index in [1.807, 2.05) is 25.7 Å². The van der Waals surface area contributed by atoms with Crippen LogP contribution in [0.2, 0.25) is 0 Å². The Morgan fingerprint density at radius 1 is 1.22 bits per heavy atom. The lowest BCUT2D eigenvalue weighted by atomic mass is 10.2. The lowest BCUT2D eigenvalue weighted by molar-refractivity contribution is 0.0144. The topological polar surface area (TPSA) is 54.0 Å². The van der Waals surface area contributed by atoms with Gasteiger partial charge in [-0.15, -0.1) is 0 Å². The van der Waals surface area contributed by atoms with Crippen LogP contribution in [0.4, 0.5) is 4.79 Å². The lowest BCUT2D eigenvalue weighted by Crippen LogP contribution is -2.50. The lowest BCUT2D eigenvalue weighted by Gasteiger charge is -2.35. The molecule has 6 nitrogen and oxygen atoms in total. The molecule has 0 saturated carbocycles. The minimum Gasteiger partial charge on any atom is -0.444 e. The largest absolute Gasteiger partial charge is 0.444 e. The van der Waals surface area contributed by atoms with Crippen LogP contribution < -0.4 is 5.32 Å². The Kier molecular flexibility index (Phi) is 8.87. The molecule has 1 saturated heterocycles. The van der Waals surface area contributed by atoms with Gasteiger partial charge in [-0.25, -0.2) is 4.79 Å². The molecule has 1 fully saturated rings. The molecule has 0 aliphatic carbocycles. The third kappa shape index (κ3) is 9.13. The molecule has 0 radical (unpaired) electrons. The zero-order chi connectivity index (χ0) is 17.3. The van der Waals surface area contributed by atoms with E-state index in [9.17, 15) is 4.79 Å². The predicted octanol–water partition coefficient (Wildman–Crippen LogP) is 1.80. The average Bonchev–Trinajstić information content (AvgIpc) is 2.46. The molecule has 1 amide bonds. The summed E-state index contributed by atoms with van der Waals surface area (Å²) in [7, 11) is 1.74. The molecular weight excluding hydrogens is 294 g/mol. The summed E-state index contributed by atoms with van der Waals surface area (Å²) < 4.78 is 10.5. The highest BCUT2D eigenvalue weighted by Gasteiger charge is 2.25. The normalized spacial score (nSPS) is 18.0. The summed E-state index contributed by atoms with van der Waals surface area (Å²) in [6.45, 7) is 15.2. The van der Waals surface area contributed by atoms with Crippen molar-refractivity contribution in [2.45, 2.75) is 39.7 Å². The van der Waals surface area contributed by atoms with Gasteiger partial charge in [-0.3, -0.25) is 4.90 Å². The standard InChI is InChI=1S/C17H35N3O3/c1-15(14-22-5)13-18-7-6-8-19-9-11-20(12-10-19)16(21)23-17(2,3)4/h15,18H,6-14H2,1-5H3. The molecule has 23 heavy (non-hydrogen) atoms. The molecule has 1 atom stereocenters. The van der Waals surface area contributed by atoms with Crippen LogP contribution in [0, 0.1) is 5.92 Å². The number of piperazine rings is 1. The fraction of sp³-hybridized carbons (Fsp3) is 0.941. The van der Waals surface area contributed by atoms with Gasteiger partial charge < -0.3 is 19.7 Å². The van der Waals surface area contributed by atoms with E-state index in [0.29, 0.717) is 5.92 Å². The van der Waals surface area contributed by atoms with Gasteiger partial charge in [0.25, 0.3) is 0 Å². The quantitative estimate of drug-likeness (QED) is 0.688. The van der Waals surface area contributed by atoms with Gasteiger partial charge in [-0.05, 0) is 52.7 Å². The molecule has 1 heterocycles. The van der Waals surface area contributed by atoms with E-state index in [1.165, 1.54) is 0 Å². The van der Waals surface area contributed by atoms with E-state index >= 15 is 0 Å². The van der Waals surface area contributed by atoms with Gasteiger partial charge in [-0.2, -0.15) is 0 Å². The third-order valence-electron chi connectivity index (χ3n) is 3.80. The molecule has 0 bridgehead atoms. The molecule has 1 aliphatic heterocycles. The van der Waals surface area contributed by atoms with Gasteiger partial charge in [0.2, 0.25) is 0 Å². The highest BCUT2D eigenvalue weighted by atomic mass is 16.6. The molecule has 0 spiro atoms. The summed E-state index contributed by atoms with van der Waals surface area (Å²) in [5.74, 6) is 0.553. The monoisotopic (exact) mass is 329 g/mol. The fourth-order valence-corrected chi connectivity index (χ4v) is 2.60. The Bertz CT molecular complexity index is 336. The number of methoxy groups -OCH3 is 1. The van der Waals surface area contributed by atoms with Crippen molar-refractivity contribution in [1.29, 1.82) is 0 Å². The molecule has 1 aliphatic rings. The molecular formula is C17H35N3O3. The van der Waals surface area contributed by atoms with Crippen LogP contribution in [0.1, 0.15) is 34.1 Å². The van der Waals surface area contributed by atoms with Crippen molar-refractivity contribution in [3.05, 3.63) is 0 Å². The van der Waals surface area contributed by atoms with E-state index in [1.54, 1.807) is 7.11 Å². The number of carbonyl (C=O) groups excluding carboxylic acids is 1. The number of nitrogens with zero attached hydrogens (tertiary/aromatic N) is 2. The average molecular weight is 329 g/mol. The number of rotatable bonds is 8. The van der Waals surface area contributed by atoms with Gasteiger partial charge in [0.1, 0.15) is 5.60 Å². The minimum atomic E-state index is -0.417. The summed E-state index contributed by atoms with van der Waals surface area (Å²) >= 11 is 0. The molecule has 136 valence electrons. The summed E-state index contributed by atoms with van der Waals surface area (Å²) in [5.41, 5.74) is -0.417. The molecule has 0 aromatic rings. The van der Waals surface area contributed by atoms with Crippen LogP contribution in [0.3, 0.4) is 0 Å². The van der Waals surface area contributed by atoms with Crippen molar-refractivity contribution >= 4 is 6.09 Å². The smallest absolute Gasteiger partial charge is 0.410 e. The summed E-state index contributed by atoms with van der Waals surface area (Å²) in [5, 5.41) is 3.47. The Morgan fingerprint density at radius 2 is 1.87 bits per heavy atom. The zero-order valence-electron chi connectivity index (χ0n) is 15.6. The van der Waals surface area contributed by atoms with Gasteiger partial charge in [-0.1, -0.05) is 6.92 Å². The number of ether oxygens (including phenoxy) is 2.